The lowest BCUT2D eigenvalue weighted by Crippen LogP contribution is -2.60. The number of esters is 1. The summed E-state index contributed by atoms with van der Waals surface area (Å²) in [6.07, 6.45) is -3.91. The number of amides is 9. The Morgan fingerprint density at radius 3 is 1.73 bits per heavy atom. The molecule has 0 spiro atoms. The predicted molar refractivity (Wildman–Crippen MR) is 346 cm³/mol. The number of nitrogens with one attached hydrogen (secondary N) is 10. The first-order valence-electron chi connectivity index (χ1n) is 32.5. The van der Waals surface area contributed by atoms with E-state index in [9.17, 15) is 67.7 Å². The molecule has 1 aliphatic rings. The summed E-state index contributed by atoms with van der Waals surface area (Å²) < 4.78 is 5.29. The van der Waals surface area contributed by atoms with Crippen molar-refractivity contribution in [3.05, 3.63) is 35.9 Å². The number of hydrogen-bond acceptors (Lipinski definition) is 22. The highest BCUT2D eigenvalue weighted by Crippen LogP contribution is 2.17. The fourth-order valence-corrected chi connectivity index (χ4v) is 10.4. The predicted octanol–water partition coefficient (Wildman–Crippen LogP) is -4.85. The van der Waals surface area contributed by atoms with Crippen molar-refractivity contribution in [2.75, 3.05) is 52.4 Å². The van der Waals surface area contributed by atoms with Crippen molar-refractivity contribution in [1.82, 2.24) is 53.2 Å². The van der Waals surface area contributed by atoms with Gasteiger partial charge < -0.3 is 103 Å². The van der Waals surface area contributed by atoms with Crippen LogP contribution in [0, 0.1) is 17.8 Å². The van der Waals surface area contributed by atoms with Crippen molar-refractivity contribution in [1.29, 1.82) is 0 Å². The quantitative estimate of drug-likeness (QED) is 0.0288. The minimum Gasteiger partial charge on any atom is -0.463 e. The number of hydrogen-bond donors (Lipinski definition) is 18. The summed E-state index contributed by atoms with van der Waals surface area (Å²) in [7, 11) is 0. The highest BCUT2D eigenvalue weighted by Gasteiger charge is 2.37. The van der Waals surface area contributed by atoms with Gasteiger partial charge in [-0.3, -0.25) is 57.5 Å². The second-order valence-corrected chi connectivity index (χ2v) is 24.2. The first-order valence-corrected chi connectivity index (χ1v) is 32.5. The van der Waals surface area contributed by atoms with Crippen LogP contribution in [0.3, 0.4) is 0 Å². The molecule has 14 atom stereocenters. The molecule has 31 heteroatoms. The van der Waals surface area contributed by atoms with Crippen LogP contribution in [0.15, 0.2) is 30.3 Å². The van der Waals surface area contributed by atoms with Crippen molar-refractivity contribution in [3.63, 3.8) is 0 Å². The van der Waals surface area contributed by atoms with Crippen LogP contribution in [0.1, 0.15) is 137 Å². The Morgan fingerprint density at radius 1 is 0.602 bits per heavy atom. The molecule has 1 saturated heterocycles. The molecule has 1 heterocycles. The zero-order chi connectivity index (χ0) is 69.7. The Morgan fingerprint density at radius 2 is 1.15 bits per heavy atom. The van der Waals surface area contributed by atoms with Crippen LogP contribution >= 0.6 is 0 Å². The summed E-state index contributed by atoms with van der Waals surface area (Å²) in [4.78, 5) is 167. The van der Waals surface area contributed by atoms with Crippen LogP contribution < -0.4 is 87.6 Å². The normalized spacial score (nSPS) is 22.3. The van der Waals surface area contributed by atoms with Gasteiger partial charge in [0, 0.05) is 38.1 Å². The van der Waals surface area contributed by atoms with Crippen LogP contribution in [-0.2, 0) is 68.7 Å². The molecule has 0 aromatic heterocycles. The Kier molecular flexibility index (Phi) is 39.2. The number of carbonyl (C=O) groups excluding carboxylic acids is 12. The average molecular weight is 1320 g/mol. The van der Waals surface area contributed by atoms with Gasteiger partial charge in [-0.2, -0.15) is 0 Å². The van der Waals surface area contributed by atoms with E-state index < -0.39 is 156 Å². The van der Waals surface area contributed by atoms with E-state index in [4.69, 9.17) is 39.1 Å². The van der Waals surface area contributed by atoms with Crippen LogP contribution in [-0.4, -0.2) is 206 Å². The molecular formula is C62H108N16O15. The number of aliphatic hydroxyl groups is 2. The molecule has 93 heavy (non-hydrogen) atoms. The summed E-state index contributed by atoms with van der Waals surface area (Å²) in [6.45, 7) is 8.86. The van der Waals surface area contributed by atoms with Gasteiger partial charge in [0.25, 0.3) is 0 Å². The SMILES string of the molecule is CCCC(C)OC(=O)CCC(=O)N[C@@H](CCN)C(=O)N[C@@H](CCN)C(=O)N[C@H](C(=O)N[C@@H](CCN)C(=O)C[C@H]1CCNC(=O)[C@H](C(C)O)NC(=O)[C@H](CCN)CC(=O)[C@H](CCN)NC(=O)[C@H](CC(C)C)NC(=O)[C@@H](Cc2ccccc2)NC(=O)[C@H](CCN)NC1)C(C)O. The lowest BCUT2D eigenvalue weighted by Gasteiger charge is -2.29. The first kappa shape index (κ1) is 82.0. The van der Waals surface area contributed by atoms with E-state index in [1.54, 1.807) is 37.3 Å². The summed E-state index contributed by atoms with van der Waals surface area (Å²) in [6, 6.07) is -3.48. The third-order valence-corrected chi connectivity index (χ3v) is 15.6. The maximum atomic E-state index is 14.6. The lowest BCUT2D eigenvalue weighted by atomic mass is 9.92. The van der Waals surface area contributed by atoms with Crippen molar-refractivity contribution in [2.24, 2.45) is 52.2 Å². The van der Waals surface area contributed by atoms with Gasteiger partial charge in [0.2, 0.25) is 53.2 Å². The summed E-state index contributed by atoms with van der Waals surface area (Å²) >= 11 is 0. The molecule has 0 aliphatic carbocycles. The van der Waals surface area contributed by atoms with Gasteiger partial charge in [0.15, 0.2) is 11.6 Å². The minimum atomic E-state index is -1.75. The largest absolute Gasteiger partial charge is 0.463 e. The summed E-state index contributed by atoms with van der Waals surface area (Å²) in [5, 5.41) is 48.5. The van der Waals surface area contributed by atoms with Gasteiger partial charge in [0.05, 0.1) is 42.9 Å². The van der Waals surface area contributed by atoms with E-state index in [2.05, 4.69) is 53.2 Å². The number of nitrogens with two attached hydrogens (primary N) is 6. The molecule has 0 saturated carbocycles. The Balaban J connectivity index is 2.60. The molecule has 1 aliphatic heterocycles. The highest BCUT2D eigenvalue weighted by atomic mass is 16.5. The van der Waals surface area contributed by atoms with E-state index in [0.717, 1.165) is 6.42 Å². The zero-order valence-corrected chi connectivity index (χ0v) is 55.0. The second kappa shape index (κ2) is 44.5. The molecule has 1 aromatic rings. The molecule has 24 N–H and O–H groups in total. The van der Waals surface area contributed by atoms with Crippen molar-refractivity contribution in [2.45, 2.75) is 211 Å². The number of ketones is 2. The molecule has 0 bridgehead atoms. The van der Waals surface area contributed by atoms with Gasteiger partial charge in [-0.15, -0.1) is 0 Å². The third kappa shape index (κ3) is 30.7. The number of Topliss-reactive ketones (excluding diaryl/α,β-unsaturated/α-hetero) is 2. The van der Waals surface area contributed by atoms with Gasteiger partial charge in [-0.25, -0.2) is 0 Å². The number of rotatable bonds is 34. The third-order valence-electron chi connectivity index (χ3n) is 15.6. The maximum absolute atomic E-state index is 14.6. The van der Waals surface area contributed by atoms with Gasteiger partial charge in [0.1, 0.15) is 36.3 Å². The van der Waals surface area contributed by atoms with Crippen molar-refractivity contribution >= 4 is 70.7 Å². The standard InChI is InChI=1S/C62H108N16O15/c1-7-11-36(4)93-52(84)15-14-51(83)71-45(20-27-67)57(87)74-46(21-28-68)58(88)78-54(38(6)80)62(92)73-42(17-24-64)49(81)32-40-22-29-69-61(91)53(37(5)79)77-55(85)41(16-23-63)33-50(82)43(18-25-65)72-59(89)47(30-35(2)3)75-60(90)48(31-39-12-9-8-10-13-39)76-56(86)44(19-26-66)70-34-40/h8-10,12-13,35-38,40-48,53-54,70,79-80H,7,11,14-34,63-68H2,1-6H3,(H,69,91)(H,71,83)(H,72,89)(H,73,92)(H,74,87)(H,75,90)(H,76,86)(H,77,85)(H,78,88)/t36?,37?,38?,40-,41-,42+,43+,44+,45+,46+,47+,48-,53+,54+/m1/s1. The minimum absolute atomic E-state index is 0.00407. The van der Waals surface area contributed by atoms with E-state index in [1.807, 2.05) is 20.8 Å². The van der Waals surface area contributed by atoms with Crippen LogP contribution in [0.25, 0.3) is 0 Å². The van der Waals surface area contributed by atoms with E-state index in [1.165, 1.54) is 13.8 Å². The average Bonchev–Trinajstić information content (AvgIpc) is 1.35. The molecule has 526 valence electrons. The van der Waals surface area contributed by atoms with Gasteiger partial charge >= 0.3 is 5.97 Å². The molecule has 3 unspecified atom stereocenters. The molecule has 31 nitrogen and oxygen atoms in total. The number of aliphatic hydroxyl groups excluding tert-OH is 2. The van der Waals surface area contributed by atoms with Crippen LogP contribution in [0.4, 0.5) is 0 Å². The fourth-order valence-electron chi connectivity index (χ4n) is 10.4. The highest BCUT2D eigenvalue weighted by molar-refractivity contribution is 5.98. The van der Waals surface area contributed by atoms with Crippen molar-refractivity contribution in [3.8, 4) is 0 Å². The molecular weight excluding hydrogens is 1210 g/mol. The summed E-state index contributed by atoms with van der Waals surface area (Å²) in [5.41, 5.74) is 36.1. The molecule has 0 radical (unpaired) electrons. The van der Waals surface area contributed by atoms with Gasteiger partial charge in [-0.1, -0.05) is 57.5 Å². The van der Waals surface area contributed by atoms with Crippen LogP contribution in [0.5, 0.6) is 0 Å². The monoisotopic (exact) mass is 1320 g/mol. The molecule has 1 aromatic carbocycles. The Bertz CT molecular complexity index is 2550. The topological polar surface area (TPSA) is 531 Å². The zero-order valence-electron chi connectivity index (χ0n) is 55.0. The molecule has 2 rings (SSSR count). The van der Waals surface area contributed by atoms with Gasteiger partial charge in [-0.05, 0) is 142 Å². The number of carbonyl (C=O) groups is 12. The number of ether oxygens (including phenoxy) is 1. The summed E-state index contributed by atoms with van der Waals surface area (Å²) in [5.74, 6) is -11.3. The van der Waals surface area contributed by atoms with Crippen molar-refractivity contribution < 1.29 is 72.5 Å². The van der Waals surface area contributed by atoms with E-state index >= 15 is 0 Å². The maximum Gasteiger partial charge on any atom is 0.306 e. The van der Waals surface area contributed by atoms with Crippen LogP contribution in [0.2, 0.25) is 0 Å². The first-order chi connectivity index (χ1) is 44.2. The number of benzene rings is 1. The molecule has 9 amide bonds. The van der Waals surface area contributed by atoms with E-state index in [-0.39, 0.29) is 141 Å². The molecule has 1 fully saturated rings. The fraction of sp³-hybridized carbons (Fsp3) is 0.710. The van der Waals surface area contributed by atoms with E-state index in [0.29, 0.717) is 12.0 Å². The smallest absolute Gasteiger partial charge is 0.306 e. The Hall–Kier alpha value is -7.10. The second-order valence-electron chi connectivity index (χ2n) is 24.2. The Labute approximate surface area is 545 Å². The lowest BCUT2D eigenvalue weighted by molar-refractivity contribution is -0.149.